The lowest BCUT2D eigenvalue weighted by molar-refractivity contribution is 0.0675. The summed E-state index contributed by atoms with van der Waals surface area (Å²) in [5.74, 6) is -0.262. The van der Waals surface area contributed by atoms with Gasteiger partial charge in [-0.2, -0.15) is 0 Å². The number of nitrogens with zero attached hydrogens (tertiary/aromatic N) is 5. The Balaban J connectivity index is 2.05. The quantitative estimate of drug-likeness (QED) is 0.787. The molecule has 0 aliphatic rings. The molecule has 1 N–H and O–H groups in total. The van der Waals surface area contributed by atoms with Gasteiger partial charge in [0.2, 0.25) is 0 Å². The van der Waals surface area contributed by atoms with E-state index in [0.717, 1.165) is 16.5 Å². The molecule has 1 unspecified atom stereocenters. The van der Waals surface area contributed by atoms with Crippen LogP contribution in [0.5, 0.6) is 0 Å². The summed E-state index contributed by atoms with van der Waals surface area (Å²) < 4.78 is 1.66. The Morgan fingerprint density at radius 3 is 2.92 bits per heavy atom. The summed E-state index contributed by atoms with van der Waals surface area (Å²) in [6.07, 6.45) is 3.51. The van der Waals surface area contributed by atoms with Gasteiger partial charge in [0, 0.05) is 30.2 Å². The van der Waals surface area contributed by atoms with E-state index in [1.165, 1.54) is 4.90 Å². The van der Waals surface area contributed by atoms with Gasteiger partial charge < -0.3 is 10.0 Å². The number of aliphatic hydroxyl groups is 1. The van der Waals surface area contributed by atoms with E-state index in [0.29, 0.717) is 5.69 Å². The van der Waals surface area contributed by atoms with Gasteiger partial charge in [-0.3, -0.25) is 9.78 Å². The van der Waals surface area contributed by atoms with Gasteiger partial charge >= 0.3 is 0 Å². The summed E-state index contributed by atoms with van der Waals surface area (Å²) in [6.45, 7) is 3.48. The molecule has 0 aliphatic heterocycles. The summed E-state index contributed by atoms with van der Waals surface area (Å²) in [6, 6.07) is 7.44. The van der Waals surface area contributed by atoms with Crippen LogP contribution in [0.25, 0.3) is 16.5 Å². The molecule has 2 heterocycles. The molecule has 7 heteroatoms. The highest BCUT2D eigenvalue weighted by molar-refractivity contribution is 5.94. The fourth-order valence-corrected chi connectivity index (χ4v) is 2.54. The number of hydrogen-bond acceptors (Lipinski definition) is 5. The van der Waals surface area contributed by atoms with E-state index < -0.39 is 0 Å². The number of likely N-dealkylation sites (N-methyl/N-ethyl adjacent to an activating group) is 1. The van der Waals surface area contributed by atoms with Crippen molar-refractivity contribution < 1.29 is 9.90 Å². The first-order valence-corrected chi connectivity index (χ1v) is 7.68. The molecule has 24 heavy (non-hydrogen) atoms. The second kappa shape index (κ2) is 6.37. The summed E-state index contributed by atoms with van der Waals surface area (Å²) in [4.78, 5) is 18.2. The van der Waals surface area contributed by atoms with E-state index in [4.69, 9.17) is 0 Å². The zero-order chi connectivity index (χ0) is 17.3. The summed E-state index contributed by atoms with van der Waals surface area (Å²) in [5.41, 5.74) is 1.78. The van der Waals surface area contributed by atoms with Gasteiger partial charge in [-0.05, 0) is 26.0 Å². The molecule has 1 amide bonds. The Labute approximate surface area is 139 Å². The molecule has 0 spiro atoms. The Hall–Kier alpha value is -2.80. The third-order valence-corrected chi connectivity index (χ3v) is 4.23. The van der Waals surface area contributed by atoms with Crippen molar-refractivity contribution in [2.45, 2.75) is 19.9 Å². The maximum absolute atomic E-state index is 12.6. The van der Waals surface area contributed by atoms with Crippen LogP contribution in [0.15, 0.2) is 36.7 Å². The number of aromatic nitrogens is 4. The van der Waals surface area contributed by atoms with Crippen LogP contribution in [0.4, 0.5) is 0 Å². The number of amides is 1. The standard InChI is InChI=1S/C17H19N5O2/c1-11(10-23)21(3)17(24)16-12(2)22(20-19-16)15-6-4-5-13-9-18-8-7-14(13)15/h4-9,11,23H,10H2,1-3H3. The van der Waals surface area contributed by atoms with Crippen LogP contribution < -0.4 is 0 Å². The molecule has 0 radical (unpaired) electrons. The van der Waals surface area contributed by atoms with Crippen molar-refractivity contribution in [3.63, 3.8) is 0 Å². The van der Waals surface area contributed by atoms with Gasteiger partial charge in [-0.15, -0.1) is 5.10 Å². The number of fused-ring (bicyclic) bond motifs is 1. The van der Waals surface area contributed by atoms with Crippen LogP contribution >= 0.6 is 0 Å². The largest absolute Gasteiger partial charge is 0.394 e. The number of rotatable bonds is 4. The summed E-state index contributed by atoms with van der Waals surface area (Å²) >= 11 is 0. The van der Waals surface area contributed by atoms with Gasteiger partial charge in [0.15, 0.2) is 5.69 Å². The van der Waals surface area contributed by atoms with Crippen molar-refractivity contribution in [3.05, 3.63) is 48.0 Å². The maximum atomic E-state index is 12.6. The first-order valence-electron chi connectivity index (χ1n) is 7.68. The molecular formula is C17H19N5O2. The van der Waals surface area contributed by atoms with Crippen LogP contribution in [0.2, 0.25) is 0 Å². The van der Waals surface area contributed by atoms with E-state index in [1.807, 2.05) is 31.2 Å². The molecule has 0 saturated heterocycles. The Morgan fingerprint density at radius 1 is 1.38 bits per heavy atom. The number of benzene rings is 1. The average Bonchev–Trinajstić information content (AvgIpc) is 3.00. The van der Waals surface area contributed by atoms with Gasteiger partial charge in [0.25, 0.3) is 5.91 Å². The third kappa shape index (κ3) is 2.63. The SMILES string of the molecule is Cc1c(C(=O)N(C)C(C)CO)nnn1-c1cccc2cnccc12. The smallest absolute Gasteiger partial charge is 0.276 e. The topological polar surface area (TPSA) is 84.1 Å². The Kier molecular flexibility index (Phi) is 4.26. The van der Waals surface area contributed by atoms with Crippen LogP contribution in [-0.4, -0.2) is 55.6 Å². The fourth-order valence-electron chi connectivity index (χ4n) is 2.54. The van der Waals surface area contributed by atoms with E-state index in [9.17, 15) is 9.90 Å². The lowest BCUT2D eigenvalue weighted by Crippen LogP contribution is -2.37. The first kappa shape index (κ1) is 16.1. The zero-order valence-corrected chi connectivity index (χ0v) is 13.8. The molecule has 0 saturated carbocycles. The minimum Gasteiger partial charge on any atom is -0.394 e. The highest BCUT2D eigenvalue weighted by Gasteiger charge is 2.23. The third-order valence-electron chi connectivity index (χ3n) is 4.23. The molecule has 1 aromatic carbocycles. The molecule has 3 rings (SSSR count). The molecule has 0 fully saturated rings. The lowest BCUT2D eigenvalue weighted by atomic mass is 10.1. The minimum atomic E-state index is -0.286. The monoisotopic (exact) mass is 325 g/mol. The van der Waals surface area contributed by atoms with Crippen molar-refractivity contribution in [3.8, 4) is 5.69 Å². The zero-order valence-electron chi connectivity index (χ0n) is 13.8. The molecule has 7 nitrogen and oxygen atoms in total. The van der Waals surface area contributed by atoms with E-state index in [2.05, 4.69) is 15.3 Å². The van der Waals surface area contributed by atoms with E-state index in [-0.39, 0.29) is 24.2 Å². The van der Waals surface area contributed by atoms with Gasteiger partial charge in [0.05, 0.1) is 24.0 Å². The second-order valence-electron chi connectivity index (χ2n) is 5.76. The normalized spacial score (nSPS) is 12.3. The fraction of sp³-hybridized carbons (Fsp3) is 0.294. The lowest BCUT2D eigenvalue weighted by Gasteiger charge is -2.22. The molecule has 0 aliphatic carbocycles. The maximum Gasteiger partial charge on any atom is 0.276 e. The molecule has 2 aromatic heterocycles. The predicted molar refractivity (Wildman–Crippen MR) is 90.0 cm³/mol. The number of carbonyl (C=O) groups excluding carboxylic acids is 1. The average molecular weight is 325 g/mol. The first-order chi connectivity index (χ1) is 11.5. The van der Waals surface area contributed by atoms with Crippen molar-refractivity contribution in [2.24, 2.45) is 0 Å². The van der Waals surface area contributed by atoms with Gasteiger partial charge in [0.1, 0.15) is 0 Å². The van der Waals surface area contributed by atoms with Crippen molar-refractivity contribution in [1.82, 2.24) is 24.9 Å². The Bertz CT molecular complexity index is 884. The molecular weight excluding hydrogens is 306 g/mol. The van der Waals surface area contributed by atoms with Gasteiger partial charge in [-0.25, -0.2) is 4.68 Å². The number of carbonyl (C=O) groups is 1. The van der Waals surface area contributed by atoms with Gasteiger partial charge in [-0.1, -0.05) is 17.3 Å². The molecule has 124 valence electrons. The van der Waals surface area contributed by atoms with Crippen LogP contribution in [0.1, 0.15) is 23.1 Å². The number of pyridine rings is 1. The van der Waals surface area contributed by atoms with E-state index >= 15 is 0 Å². The van der Waals surface area contributed by atoms with Crippen LogP contribution in [0, 0.1) is 6.92 Å². The predicted octanol–water partition coefficient (Wildman–Crippen LogP) is 1.58. The van der Waals surface area contributed by atoms with Crippen molar-refractivity contribution >= 4 is 16.7 Å². The number of hydrogen-bond donors (Lipinski definition) is 1. The van der Waals surface area contributed by atoms with Crippen molar-refractivity contribution in [1.29, 1.82) is 0 Å². The molecule has 1 atom stereocenters. The minimum absolute atomic E-state index is 0.105. The second-order valence-corrected chi connectivity index (χ2v) is 5.76. The highest BCUT2D eigenvalue weighted by Crippen LogP contribution is 2.22. The highest BCUT2D eigenvalue weighted by atomic mass is 16.3. The number of aliphatic hydroxyl groups excluding tert-OH is 1. The van der Waals surface area contributed by atoms with Crippen molar-refractivity contribution in [2.75, 3.05) is 13.7 Å². The van der Waals surface area contributed by atoms with Crippen LogP contribution in [-0.2, 0) is 0 Å². The van der Waals surface area contributed by atoms with E-state index in [1.54, 1.807) is 31.0 Å². The molecule has 0 bridgehead atoms. The summed E-state index contributed by atoms with van der Waals surface area (Å²) in [7, 11) is 1.64. The molecule has 3 aromatic rings. The Morgan fingerprint density at radius 2 is 2.17 bits per heavy atom. The van der Waals surface area contributed by atoms with Crippen LogP contribution in [0.3, 0.4) is 0 Å². The summed E-state index contributed by atoms with van der Waals surface area (Å²) in [5, 5.41) is 19.4.